The Morgan fingerprint density at radius 1 is 1.17 bits per heavy atom. The molecule has 0 atom stereocenters. The third kappa shape index (κ3) is 4.75. The summed E-state index contributed by atoms with van der Waals surface area (Å²) in [6.07, 6.45) is -0.562. The number of Topliss-reactive ketones (excluding diaryl/α,β-unsaturated/α-hetero) is 1. The SMILES string of the molecule is C=C1Cc2c(-c3ccc(OC(F)(F)F)cc3)cc(C(=O)C3=C[CH]3)cc2N(C)C1.CC.[HH]. The van der Waals surface area contributed by atoms with Crippen LogP contribution >= 0.6 is 0 Å². The Balaban J connectivity index is 0.00000111. The van der Waals surface area contributed by atoms with Crippen molar-refractivity contribution in [3.63, 3.8) is 0 Å². The van der Waals surface area contributed by atoms with Gasteiger partial charge in [-0.05, 0) is 47.4 Å². The number of anilines is 1. The van der Waals surface area contributed by atoms with Gasteiger partial charge in [-0.2, -0.15) is 0 Å². The van der Waals surface area contributed by atoms with Crippen molar-refractivity contribution < 1.29 is 24.1 Å². The first-order valence-corrected chi connectivity index (χ1v) is 9.72. The van der Waals surface area contributed by atoms with Crippen LogP contribution in [0.15, 0.2) is 60.2 Å². The summed E-state index contributed by atoms with van der Waals surface area (Å²) in [5, 5.41) is 0. The standard InChI is InChI=1S/C22H17F3NO2.C2H6.H2/c1-13-9-19-18(14-5-7-17(8-6-14)28-22(23,24)25)10-16(21(27)15-3-4-15)11-20(19)26(2)12-13;1-2;/h3-8,10-11H,1,9,12H2,2H3;1-2H3;1H. The van der Waals surface area contributed by atoms with Crippen LogP contribution in [0.4, 0.5) is 18.9 Å². The molecule has 30 heavy (non-hydrogen) atoms. The fourth-order valence-electron chi connectivity index (χ4n) is 3.49. The van der Waals surface area contributed by atoms with Gasteiger partial charge in [0.2, 0.25) is 0 Å². The van der Waals surface area contributed by atoms with Crippen molar-refractivity contribution in [1.82, 2.24) is 0 Å². The van der Waals surface area contributed by atoms with E-state index >= 15 is 0 Å². The van der Waals surface area contributed by atoms with E-state index in [1.165, 1.54) is 12.1 Å². The molecule has 0 fully saturated rings. The molecule has 159 valence electrons. The third-order valence-corrected chi connectivity index (χ3v) is 4.78. The Bertz CT molecular complexity index is 1010. The number of likely N-dealkylation sites (N-methyl/N-ethyl adjacent to an activating group) is 1. The summed E-state index contributed by atoms with van der Waals surface area (Å²) >= 11 is 0. The predicted molar refractivity (Wildman–Crippen MR) is 115 cm³/mol. The van der Waals surface area contributed by atoms with Gasteiger partial charge >= 0.3 is 6.36 Å². The predicted octanol–water partition coefficient (Wildman–Crippen LogP) is 6.40. The fraction of sp³-hybridized carbons (Fsp3) is 0.250. The Kier molecular flexibility index (Phi) is 6.06. The monoisotopic (exact) mass is 416 g/mol. The van der Waals surface area contributed by atoms with Gasteiger partial charge in [-0.15, -0.1) is 13.2 Å². The number of hydrogen-bond donors (Lipinski definition) is 0. The van der Waals surface area contributed by atoms with Crippen LogP contribution in [0.1, 0.15) is 31.2 Å². The van der Waals surface area contributed by atoms with Gasteiger partial charge < -0.3 is 9.64 Å². The van der Waals surface area contributed by atoms with E-state index < -0.39 is 6.36 Å². The van der Waals surface area contributed by atoms with E-state index in [4.69, 9.17) is 0 Å². The Morgan fingerprint density at radius 2 is 1.80 bits per heavy atom. The van der Waals surface area contributed by atoms with E-state index in [1.807, 2.05) is 31.9 Å². The summed E-state index contributed by atoms with van der Waals surface area (Å²) < 4.78 is 41.2. The highest BCUT2D eigenvalue weighted by atomic mass is 19.4. The lowest BCUT2D eigenvalue weighted by Gasteiger charge is -2.31. The number of alkyl halides is 3. The molecule has 0 bridgehead atoms. The highest BCUT2D eigenvalue weighted by Crippen LogP contribution is 2.39. The van der Waals surface area contributed by atoms with E-state index in [0.717, 1.165) is 28.0 Å². The lowest BCUT2D eigenvalue weighted by molar-refractivity contribution is -0.274. The van der Waals surface area contributed by atoms with E-state index in [2.05, 4.69) is 11.3 Å². The molecule has 0 spiro atoms. The Hall–Kier alpha value is -3.02. The third-order valence-electron chi connectivity index (χ3n) is 4.78. The molecular weight excluding hydrogens is 391 g/mol. The molecule has 1 aliphatic carbocycles. The van der Waals surface area contributed by atoms with Gasteiger partial charge in [0, 0.05) is 38.3 Å². The number of fused-ring (bicyclic) bond motifs is 1. The molecule has 0 aromatic heterocycles. The summed E-state index contributed by atoms with van der Waals surface area (Å²) in [6, 6.07) is 9.39. The molecule has 6 heteroatoms. The van der Waals surface area contributed by atoms with Crippen LogP contribution in [0, 0.1) is 6.42 Å². The number of rotatable bonds is 4. The summed E-state index contributed by atoms with van der Waals surface area (Å²) in [7, 11) is 1.93. The highest BCUT2D eigenvalue weighted by Gasteiger charge is 2.31. The molecule has 0 unspecified atom stereocenters. The molecule has 1 heterocycles. The second-order valence-electron chi connectivity index (χ2n) is 6.99. The van der Waals surface area contributed by atoms with Crippen LogP contribution in [-0.4, -0.2) is 25.7 Å². The topological polar surface area (TPSA) is 29.5 Å². The minimum Gasteiger partial charge on any atom is -0.406 e. The van der Waals surface area contributed by atoms with Crippen molar-refractivity contribution in [3.8, 4) is 16.9 Å². The normalized spacial score (nSPS) is 14.9. The molecule has 0 amide bonds. The summed E-state index contributed by atoms with van der Waals surface area (Å²) in [5.41, 5.74) is 5.74. The van der Waals surface area contributed by atoms with E-state index in [1.54, 1.807) is 30.7 Å². The number of allylic oxidation sites excluding steroid dienone is 2. The van der Waals surface area contributed by atoms with Crippen LogP contribution in [-0.2, 0) is 6.42 Å². The van der Waals surface area contributed by atoms with Crippen molar-refractivity contribution in [3.05, 3.63) is 77.7 Å². The van der Waals surface area contributed by atoms with Crippen molar-refractivity contribution >= 4 is 11.5 Å². The van der Waals surface area contributed by atoms with E-state index in [-0.39, 0.29) is 13.0 Å². The molecular formula is C24H25F3NO2. The minimum absolute atomic E-state index is 0. The maximum absolute atomic E-state index is 12.6. The Morgan fingerprint density at radius 3 is 2.37 bits per heavy atom. The van der Waals surface area contributed by atoms with Crippen LogP contribution in [0.25, 0.3) is 11.1 Å². The lowest BCUT2D eigenvalue weighted by atomic mass is 9.88. The van der Waals surface area contributed by atoms with E-state index in [9.17, 15) is 18.0 Å². The van der Waals surface area contributed by atoms with Crippen molar-refractivity contribution in [1.29, 1.82) is 0 Å². The quantitative estimate of drug-likeness (QED) is 0.427. The molecule has 2 aliphatic rings. The largest absolute Gasteiger partial charge is 0.573 e. The molecule has 3 nitrogen and oxygen atoms in total. The molecule has 1 aliphatic heterocycles. The van der Waals surface area contributed by atoms with Crippen LogP contribution in [0.2, 0.25) is 0 Å². The number of carbonyl (C=O) groups is 1. The Labute approximate surface area is 175 Å². The molecule has 2 aromatic carbocycles. The molecule has 0 N–H and O–H groups in total. The maximum Gasteiger partial charge on any atom is 0.573 e. The number of ether oxygens (including phenoxy) is 1. The number of nitrogens with zero attached hydrogens (tertiary/aromatic N) is 1. The van der Waals surface area contributed by atoms with Gasteiger partial charge in [-0.1, -0.05) is 44.2 Å². The zero-order chi connectivity index (χ0) is 22.1. The fourth-order valence-corrected chi connectivity index (χ4v) is 3.49. The molecule has 0 saturated heterocycles. The van der Waals surface area contributed by atoms with Crippen molar-refractivity contribution in [2.45, 2.75) is 26.6 Å². The van der Waals surface area contributed by atoms with Crippen LogP contribution < -0.4 is 9.64 Å². The van der Waals surface area contributed by atoms with Crippen molar-refractivity contribution in [2.75, 3.05) is 18.5 Å². The molecule has 1 radical (unpaired) electrons. The highest BCUT2D eigenvalue weighted by molar-refractivity contribution is 6.15. The molecule has 4 rings (SSSR count). The summed E-state index contributed by atoms with van der Waals surface area (Å²) in [5.74, 6) is -0.338. The number of halogens is 3. The summed E-state index contributed by atoms with van der Waals surface area (Å²) in [4.78, 5) is 14.6. The second-order valence-corrected chi connectivity index (χ2v) is 6.99. The van der Waals surface area contributed by atoms with Gasteiger partial charge in [0.25, 0.3) is 0 Å². The average Bonchev–Trinajstić information content (AvgIpc) is 3.53. The number of hydrogen-bond acceptors (Lipinski definition) is 3. The maximum atomic E-state index is 12.6. The lowest BCUT2D eigenvalue weighted by Crippen LogP contribution is -2.27. The average molecular weight is 416 g/mol. The van der Waals surface area contributed by atoms with E-state index in [0.29, 0.717) is 24.1 Å². The van der Waals surface area contributed by atoms with Gasteiger partial charge in [-0.25, -0.2) is 0 Å². The first kappa shape index (κ1) is 21.7. The van der Waals surface area contributed by atoms with Crippen molar-refractivity contribution in [2.24, 2.45) is 0 Å². The minimum atomic E-state index is -4.73. The van der Waals surface area contributed by atoms with Gasteiger partial charge in [-0.3, -0.25) is 4.79 Å². The first-order valence-electron chi connectivity index (χ1n) is 9.72. The molecule has 2 aromatic rings. The second kappa shape index (κ2) is 8.38. The number of benzene rings is 2. The van der Waals surface area contributed by atoms with Gasteiger partial charge in [0.15, 0.2) is 5.78 Å². The zero-order valence-corrected chi connectivity index (χ0v) is 17.1. The van der Waals surface area contributed by atoms with Crippen LogP contribution in [0.3, 0.4) is 0 Å². The smallest absolute Gasteiger partial charge is 0.406 e. The number of ketones is 1. The number of carbonyl (C=O) groups excluding carboxylic acids is 1. The summed E-state index contributed by atoms with van der Waals surface area (Å²) in [6.45, 7) is 8.77. The van der Waals surface area contributed by atoms with Gasteiger partial charge in [0.1, 0.15) is 5.75 Å². The molecule has 0 saturated carbocycles. The van der Waals surface area contributed by atoms with Gasteiger partial charge in [0.05, 0.1) is 0 Å². The first-order chi connectivity index (χ1) is 14.2. The zero-order valence-electron chi connectivity index (χ0n) is 17.1. The van der Waals surface area contributed by atoms with Crippen LogP contribution in [0.5, 0.6) is 5.75 Å².